The number of thiazole rings is 1. The van der Waals surface area contributed by atoms with Gasteiger partial charge < -0.3 is 5.32 Å². The van der Waals surface area contributed by atoms with Crippen molar-refractivity contribution < 1.29 is 8.42 Å². The lowest BCUT2D eigenvalue weighted by Crippen LogP contribution is -2.26. The Kier molecular flexibility index (Phi) is 5.10. The molecule has 1 aromatic carbocycles. The maximum absolute atomic E-state index is 12.3. The molecular weight excluding hydrogens is 306 g/mol. The number of aromatic nitrogens is 1. The van der Waals surface area contributed by atoms with Crippen molar-refractivity contribution in [1.29, 1.82) is 0 Å². The van der Waals surface area contributed by atoms with Crippen molar-refractivity contribution in [2.24, 2.45) is 0 Å². The molecule has 0 aliphatic heterocycles. The fourth-order valence-corrected chi connectivity index (χ4v) is 3.97. The first kappa shape index (κ1) is 16.1. The van der Waals surface area contributed by atoms with E-state index in [4.69, 9.17) is 0 Å². The van der Waals surface area contributed by atoms with Gasteiger partial charge in [-0.1, -0.05) is 12.1 Å². The highest BCUT2D eigenvalue weighted by atomic mass is 32.2. The first-order valence-electron chi connectivity index (χ1n) is 6.60. The highest BCUT2D eigenvalue weighted by Crippen LogP contribution is 2.21. The van der Waals surface area contributed by atoms with Gasteiger partial charge in [0.2, 0.25) is 10.0 Å². The quantitative estimate of drug-likeness (QED) is 0.854. The molecule has 2 rings (SSSR count). The monoisotopic (exact) mass is 325 g/mol. The average Bonchev–Trinajstić information content (AvgIpc) is 2.86. The maximum atomic E-state index is 12.3. The minimum atomic E-state index is -3.53. The molecule has 114 valence electrons. The van der Waals surface area contributed by atoms with Crippen molar-refractivity contribution in [1.82, 2.24) is 15.0 Å². The van der Waals surface area contributed by atoms with Crippen molar-refractivity contribution >= 4 is 21.4 Å². The van der Waals surface area contributed by atoms with E-state index in [1.165, 1.54) is 11.3 Å². The lowest BCUT2D eigenvalue weighted by Gasteiger charge is -2.12. The summed E-state index contributed by atoms with van der Waals surface area (Å²) in [7, 11) is -1.68. The molecule has 1 atom stereocenters. The lowest BCUT2D eigenvalue weighted by molar-refractivity contribution is 0.566. The van der Waals surface area contributed by atoms with Crippen LogP contribution in [0, 0.1) is 6.92 Å². The Hall–Kier alpha value is -1.28. The molecule has 1 aromatic heterocycles. The first-order chi connectivity index (χ1) is 9.92. The number of hydrogen-bond acceptors (Lipinski definition) is 5. The molecule has 0 amide bonds. The highest BCUT2D eigenvalue weighted by molar-refractivity contribution is 7.89. The Balaban J connectivity index is 2.14. The molecule has 2 aromatic rings. The minimum Gasteiger partial charge on any atom is -0.316 e. The van der Waals surface area contributed by atoms with E-state index >= 15 is 0 Å². The third-order valence-corrected chi connectivity index (χ3v) is 5.61. The van der Waals surface area contributed by atoms with Gasteiger partial charge in [0.15, 0.2) is 0 Å². The Labute approximate surface area is 129 Å². The van der Waals surface area contributed by atoms with E-state index in [1.807, 2.05) is 26.1 Å². The van der Waals surface area contributed by atoms with E-state index in [9.17, 15) is 8.42 Å². The molecule has 1 heterocycles. The topological polar surface area (TPSA) is 71.1 Å². The minimum absolute atomic E-state index is 0.266. The number of sulfonamides is 1. The zero-order chi connectivity index (χ0) is 15.5. The van der Waals surface area contributed by atoms with Crippen LogP contribution in [0.25, 0.3) is 0 Å². The Morgan fingerprint density at radius 2 is 1.95 bits per heavy atom. The van der Waals surface area contributed by atoms with Gasteiger partial charge in [0.1, 0.15) is 5.01 Å². The van der Waals surface area contributed by atoms with Crippen LogP contribution >= 0.6 is 11.3 Å². The first-order valence-corrected chi connectivity index (χ1v) is 8.90. The van der Waals surface area contributed by atoms with E-state index in [-0.39, 0.29) is 10.9 Å². The van der Waals surface area contributed by atoms with Crippen molar-refractivity contribution in [3.05, 3.63) is 45.9 Å². The standard InChI is InChI=1S/C14H19N3O2S2/c1-10-8-16-14(20-10)11(2)17-21(18,19)13-6-4-12(5-7-13)9-15-3/h4-8,11,15,17H,9H2,1-3H3. The second-order valence-electron chi connectivity index (χ2n) is 4.83. The summed E-state index contributed by atoms with van der Waals surface area (Å²) in [6.07, 6.45) is 1.75. The molecule has 0 aliphatic carbocycles. The highest BCUT2D eigenvalue weighted by Gasteiger charge is 2.20. The summed E-state index contributed by atoms with van der Waals surface area (Å²) in [6, 6.07) is 6.52. The van der Waals surface area contributed by atoms with Crippen LogP contribution < -0.4 is 10.0 Å². The van der Waals surface area contributed by atoms with Gasteiger partial charge in [-0.2, -0.15) is 0 Å². The van der Waals surface area contributed by atoms with Crippen LogP contribution in [0.3, 0.4) is 0 Å². The lowest BCUT2D eigenvalue weighted by atomic mass is 10.2. The third kappa shape index (κ3) is 4.10. The molecule has 5 nitrogen and oxygen atoms in total. The molecule has 0 spiro atoms. The Morgan fingerprint density at radius 3 is 2.48 bits per heavy atom. The number of nitrogens with zero attached hydrogens (tertiary/aromatic N) is 1. The predicted molar refractivity (Wildman–Crippen MR) is 84.8 cm³/mol. The molecule has 21 heavy (non-hydrogen) atoms. The molecule has 1 unspecified atom stereocenters. The smallest absolute Gasteiger partial charge is 0.241 e. The summed E-state index contributed by atoms with van der Waals surface area (Å²) in [5, 5.41) is 3.79. The summed E-state index contributed by atoms with van der Waals surface area (Å²) >= 11 is 1.49. The largest absolute Gasteiger partial charge is 0.316 e. The SMILES string of the molecule is CNCc1ccc(S(=O)(=O)NC(C)c2ncc(C)s2)cc1. The molecule has 0 bridgehead atoms. The molecule has 2 N–H and O–H groups in total. The number of hydrogen-bond donors (Lipinski definition) is 2. The van der Waals surface area contributed by atoms with Gasteiger partial charge in [-0.25, -0.2) is 18.1 Å². The average molecular weight is 325 g/mol. The molecule has 0 aliphatic rings. The molecule has 0 saturated carbocycles. The Bertz CT molecular complexity index is 693. The molecule has 0 saturated heterocycles. The molecule has 0 fully saturated rings. The molecule has 7 heteroatoms. The third-order valence-electron chi connectivity index (χ3n) is 2.96. The van der Waals surface area contributed by atoms with Gasteiger partial charge in [-0.05, 0) is 38.6 Å². The number of benzene rings is 1. The van der Waals surface area contributed by atoms with Gasteiger partial charge in [-0.15, -0.1) is 11.3 Å². The van der Waals surface area contributed by atoms with E-state index < -0.39 is 10.0 Å². The van der Waals surface area contributed by atoms with Gasteiger partial charge >= 0.3 is 0 Å². The predicted octanol–water partition coefficient (Wildman–Crippen LogP) is 2.21. The van der Waals surface area contributed by atoms with Crippen LogP contribution in [-0.4, -0.2) is 20.4 Å². The molecule has 0 radical (unpaired) electrons. The van der Waals surface area contributed by atoms with Crippen LogP contribution in [0.4, 0.5) is 0 Å². The van der Waals surface area contributed by atoms with Gasteiger partial charge in [0, 0.05) is 17.6 Å². The van der Waals surface area contributed by atoms with Crippen LogP contribution in [0.2, 0.25) is 0 Å². The van der Waals surface area contributed by atoms with E-state index in [2.05, 4.69) is 15.0 Å². The normalized spacial score (nSPS) is 13.3. The second-order valence-corrected chi connectivity index (χ2v) is 7.81. The van der Waals surface area contributed by atoms with Crippen LogP contribution in [-0.2, 0) is 16.6 Å². The van der Waals surface area contributed by atoms with Gasteiger partial charge in [0.05, 0.1) is 10.9 Å². The number of nitrogens with one attached hydrogen (secondary N) is 2. The van der Waals surface area contributed by atoms with E-state index in [0.717, 1.165) is 15.4 Å². The zero-order valence-electron chi connectivity index (χ0n) is 12.3. The van der Waals surface area contributed by atoms with E-state index in [1.54, 1.807) is 25.3 Å². The fourth-order valence-electron chi connectivity index (χ4n) is 1.91. The number of rotatable bonds is 6. The summed E-state index contributed by atoms with van der Waals surface area (Å²) in [5.74, 6) is 0. The second kappa shape index (κ2) is 6.65. The van der Waals surface area contributed by atoms with E-state index in [0.29, 0.717) is 6.54 Å². The van der Waals surface area contributed by atoms with Crippen LogP contribution in [0.15, 0.2) is 35.4 Å². The van der Waals surface area contributed by atoms with Crippen LogP contribution in [0.5, 0.6) is 0 Å². The summed E-state index contributed by atoms with van der Waals surface area (Å²) in [5.41, 5.74) is 1.04. The van der Waals surface area contributed by atoms with Crippen molar-refractivity contribution in [3.8, 4) is 0 Å². The Morgan fingerprint density at radius 1 is 1.29 bits per heavy atom. The number of aryl methyl sites for hydroxylation is 1. The van der Waals surface area contributed by atoms with Crippen molar-refractivity contribution in [2.75, 3.05) is 7.05 Å². The molecular formula is C14H19N3O2S2. The summed E-state index contributed by atoms with van der Waals surface area (Å²) < 4.78 is 27.3. The summed E-state index contributed by atoms with van der Waals surface area (Å²) in [4.78, 5) is 5.54. The summed E-state index contributed by atoms with van der Waals surface area (Å²) in [6.45, 7) is 4.45. The van der Waals surface area contributed by atoms with Crippen molar-refractivity contribution in [3.63, 3.8) is 0 Å². The van der Waals surface area contributed by atoms with Crippen LogP contribution in [0.1, 0.15) is 28.4 Å². The van der Waals surface area contributed by atoms with Gasteiger partial charge in [0.25, 0.3) is 0 Å². The zero-order valence-corrected chi connectivity index (χ0v) is 13.9. The van der Waals surface area contributed by atoms with Gasteiger partial charge in [-0.3, -0.25) is 0 Å². The fraction of sp³-hybridized carbons (Fsp3) is 0.357. The van der Waals surface area contributed by atoms with Crippen molar-refractivity contribution in [2.45, 2.75) is 31.3 Å². The maximum Gasteiger partial charge on any atom is 0.241 e.